The smallest absolute Gasteiger partial charge is 0.219 e. The van der Waals surface area contributed by atoms with Gasteiger partial charge in [-0.2, -0.15) is 0 Å². The standard InChI is InChI=1S/C7H16N2O3/c1-11-4-7(9,5-12-2)3-6(8)10/h3-5,9H2,1-2H3,(H2,8,10). The van der Waals surface area contributed by atoms with Crippen LogP contribution in [0.2, 0.25) is 0 Å². The van der Waals surface area contributed by atoms with Gasteiger partial charge in [0.05, 0.1) is 18.8 Å². The quantitative estimate of drug-likeness (QED) is 0.535. The molecule has 0 heterocycles. The van der Waals surface area contributed by atoms with Crippen molar-refractivity contribution in [2.45, 2.75) is 12.0 Å². The first-order valence-electron chi connectivity index (χ1n) is 3.59. The third kappa shape index (κ3) is 4.27. The minimum Gasteiger partial charge on any atom is -0.383 e. The van der Waals surface area contributed by atoms with Gasteiger partial charge in [0.1, 0.15) is 0 Å². The lowest BCUT2D eigenvalue weighted by Crippen LogP contribution is -2.51. The average Bonchev–Trinajstić information content (AvgIpc) is 1.85. The van der Waals surface area contributed by atoms with Crippen LogP contribution in [0, 0.1) is 0 Å². The summed E-state index contributed by atoms with van der Waals surface area (Å²) in [6, 6.07) is 0. The van der Waals surface area contributed by atoms with E-state index in [0.29, 0.717) is 0 Å². The van der Waals surface area contributed by atoms with Crippen LogP contribution in [0.25, 0.3) is 0 Å². The molecular weight excluding hydrogens is 160 g/mol. The number of ether oxygens (including phenoxy) is 2. The van der Waals surface area contributed by atoms with Gasteiger partial charge in [0.15, 0.2) is 0 Å². The molecule has 0 fully saturated rings. The van der Waals surface area contributed by atoms with Crippen LogP contribution >= 0.6 is 0 Å². The number of hydrogen-bond donors (Lipinski definition) is 2. The molecule has 0 aromatic heterocycles. The van der Waals surface area contributed by atoms with Crippen LogP contribution in [-0.4, -0.2) is 38.9 Å². The van der Waals surface area contributed by atoms with Crippen molar-refractivity contribution in [3.8, 4) is 0 Å². The first-order chi connectivity index (χ1) is 5.54. The lowest BCUT2D eigenvalue weighted by molar-refractivity contribution is -0.120. The Morgan fingerprint density at radius 3 is 2.00 bits per heavy atom. The van der Waals surface area contributed by atoms with Gasteiger partial charge < -0.3 is 20.9 Å². The molecule has 0 atom stereocenters. The highest BCUT2D eigenvalue weighted by Crippen LogP contribution is 2.06. The lowest BCUT2D eigenvalue weighted by Gasteiger charge is -2.26. The zero-order chi connectivity index (χ0) is 9.61. The summed E-state index contributed by atoms with van der Waals surface area (Å²) in [5.41, 5.74) is 9.98. The van der Waals surface area contributed by atoms with Crippen LogP contribution in [0.3, 0.4) is 0 Å². The SMILES string of the molecule is COCC(N)(COC)CC(N)=O. The minimum absolute atomic E-state index is 0.0642. The van der Waals surface area contributed by atoms with Crippen LogP contribution in [0.1, 0.15) is 6.42 Å². The zero-order valence-corrected chi connectivity index (χ0v) is 7.50. The van der Waals surface area contributed by atoms with Crippen molar-refractivity contribution in [2.24, 2.45) is 11.5 Å². The van der Waals surface area contributed by atoms with E-state index in [4.69, 9.17) is 20.9 Å². The van der Waals surface area contributed by atoms with Crippen molar-refractivity contribution in [3.63, 3.8) is 0 Å². The Morgan fingerprint density at radius 2 is 1.75 bits per heavy atom. The molecule has 72 valence electrons. The van der Waals surface area contributed by atoms with Gasteiger partial charge in [-0.3, -0.25) is 4.79 Å². The maximum Gasteiger partial charge on any atom is 0.219 e. The number of carbonyl (C=O) groups excluding carboxylic acids is 1. The molecule has 0 rings (SSSR count). The van der Waals surface area contributed by atoms with Crippen molar-refractivity contribution in [2.75, 3.05) is 27.4 Å². The molecule has 0 spiro atoms. The Morgan fingerprint density at radius 1 is 1.33 bits per heavy atom. The number of primary amides is 1. The molecule has 4 N–H and O–H groups in total. The fourth-order valence-electron chi connectivity index (χ4n) is 1.07. The van der Waals surface area contributed by atoms with E-state index in [9.17, 15) is 4.79 Å². The lowest BCUT2D eigenvalue weighted by atomic mass is 9.98. The summed E-state index contributed by atoms with van der Waals surface area (Å²) < 4.78 is 9.70. The molecule has 0 aromatic rings. The largest absolute Gasteiger partial charge is 0.383 e. The van der Waals surface area contributed by atoms with Gasteiger partial charge in [-0.25, -0.2) is 0 Å². The van der Waals surface area contributed by atoms with Gasteiger partial charge in [0.25, 0.3) is 0 Å². The fourth-order valence-corrected chi connectivity index (χ4v) is 1.07. The highest BCUT2D eigenvalue weighted by molar-refractivity contribution is 5.75. The van der Waals surface area contributed by atoms with Gasteiger partial charge >= 0.3 is 0 Å². The summed E-state index contributed by atoms with van der Waals surface area (Å²) in [5, 5.41) is 0. The van der Waals surface area contributed by atoms with Crippen LogP contribution in [0.4, 0.5) is 0 Å². The molecule has 0 aromatic carbocycles. The van der Waals surface area contributed by atoms with E-state index in [0.717, 1.165) is 0 Å². The molecule has 12 heavy (non-hydrogen) atoms. The van der Waals surface area contributed by atoms with E-state index in [1.165, 1.54) is 14.2 Å². The third-order valence-corrected chi connectivity index (χ3v) is 1.39. The van der Waals surface area contributed by atoms with Crippen LogP contribution in [-0.2, 0) is 14.3 Å². The van der Waals surface area contributed by atoms with Crippen molar-refractivity contribution in [1.29, 1.82) is 0 Å². The van der Waals surface area contributed by atoms with Crippen LogP contribution in [0.15, 0.2) is 0 Å². The second kappa shape index (κ2) is 5.08. The first kappa shape index (κ1) is 11.4. The predicted molar refractivity (Wildman–Crippen MR) is 44.5 cm³/mol. The Labute approximate surface area is 72.0 Å². The van der Waals surface area contributed by atoms with Gasteiger partial charge in [0, 0.05) is 20.6 Å². The van der Waals surface area contributed by atoms with E-state index >= 15 is 0 Å². The molecule has 0 aliphatic carbocycles. The summed E-state index contributed by atoms with van der Waals surface area (Å²) in [7, 11) is 3.02. The highest BCUT2D eigenvalue weighted by atomic mass is 16.5. The summed E-state index contributed by atoms with van der Waals surface area (Å²) in [5.74, 6) is -0.452. The monoisotopic (exact) mass is 176 g/mol. The van der Waals surface area contributed by atoms with Gasteiger partial charge in [0.2, 0.25) is 5.91 Å². The van der Waals surface area contributed by atoms with E-state index in [2.05, 4.69) is 0 Å². The topological polar surface area (TPSA) is 87.6 Å². The average molecular weight is 176 g/mol. The van der Waals surface area contributed by atoms with E-state index in [-0.39, 0.29) is 19.6 Å². The summed E-state index contributed by atoms with van der Waals surface area (Å²) in [6.45, 7) is 0.507. The van der Waals surface area contributed by atoms with Crippen LogP contribution < -0.4 is 11.5 Å². The third-order valence-electron chi connectivity index (χ3n) is 1.39. The molecular formula is C7H16N2O3. The summed E-state index contributed by atoms with van der Waals surface area (Å²) in [6.07, 6.45) is 0.0642. The van der Waals surface area contributed by atoms with Crippen molar-refractivity contribution >= 4 is 5.91 Å². The maximum absolute atomic E-state index is 10.6. The second-order valence-electron chi connectivity index (χ2n) is 2.87. The van der Waals surface area contributed by atoms with Crippen molar-refractivity contribution < 1.29 is 14.3 Å². The normalized spacial score (nSPS) is 11.6. The maximum atomic E-state index is 10.6. The van der Waals surface area contributed by atoms with Crippen molar-refractivity contribution in [3.05, 3.63) is 0 Å². The molecule has 0 bridgehead atoms. The van der Waals surface area contributed by atoms with Gasteiger partial charge in [-0.15, -0.1) is 0 Å². The Balaban J connectivity index is 4.07. The number of rotatable bonds is 6. The Kier molecular flexibility index (Phi) is 4.80. The molecule has 0 unspecified atom stereocenters. The van der Waals surface area contributed by atoms with Gasteiger partial charge in [-0.1, -0.05) is 0 Å². The molecule has 5 nitrogen and oxygen atoms in total. The predicted octanol–water partition coefficient (Wildman–Crippen LogP) is -1.15. The van der Waals surface area contributed by atoms with Crippen molar-refractivity contribution in [1.82, 2.24) is 0 Å². The molecule has 0 radical (unpaired) electrons. The van der Waals surface area contributed by atoms with Crippen LogP contribution in [0.5, 0.6) is 0 Å². The van der Waals surface area contributed by atoms with E-state index in [1.807, 2.05) is 0 Å². The van der Waals surface area contributed by atoms with Gasteiger partial charge in [-0.05, 0) is 0 Å². The highest BCUT2D eigenvalue weighted by Gasteiger charge is 2.27. The molecule has 0 aliphatic heterocycles. The number of carbonyl (C=O) groups is 1. The number of amides is 1. The molecule has 1 amide bonds. The van der Waals surface area contributed by atoms with E-state index < -0.39 is 11.4 Å². The molecule has 0 aliphatic rings. The minimum atomic E-state index is -0.796. The molecule has 0 saturated heterocycles. The summed E-state index contributed by atoms with van der Waals surface area (Å²) in [4.78, 5) is 10.6. The Hall–Kier alpha value is -0.650. The molecule has 5 heteroatoms. The zero-order valence-electron chi connectivity index (χ0n) is 7.50. The van der Waals surface area contributed by atoms with E-state index in [1.54, 1.807) is 0 Å². The summed E-state index contributed by atoms with van der Waals surface area (Å²) >= 11 is 0. The first-order valence-corrected chi connectivity index (χ1v) is 3.59. The fraction of sp³-hybridized carbons (Fsp3) is 0.857. The number of nitrogens with two attached hydrogens (primary N) is 2. The second-order valence-corrected chi connectivity index (χ2v) is 2.87. The molecule has 0 saturated carbocycles. The number of hydrogen-bond acceptors (Lipinski definition) is 4. The number of methoxy groups -OCH3 is 2. The Bertz CT molecular complexity index is 144.